The highest BCUT2D eigenvalue weighted by molar-refractivity contribution is 7.90. The van der Waals surface area contributed by atoms with Crippen LogP contribution in [0.3, 0.4) is 0 Å². The van der Waals surface area contributed by atoms with E-state index in [1.54, 1.807) is 44.4 Å². The minimum atomic E-state index is -4.14. The topological polar surface area (TPSA) is 120 Å². The average molecular weight is 471 g/mol. The molecule has 0 aliphatic carbocycles. The number of anilines is 1. The zero-order valence-corrected chi connectivity index (χ0v) is 18.8. The van der Waals surface area contributed by atoms with Crippen LogP contribution in [0.15, 0.2) is 64.2 Å². The van der Waals surface area contributed by atoms with Gasteiger partial charge < -0.3 is 10.2 Å². The van der Waals surface area contributed by atoms with Crippen LogP contribution in [0.1, 0.15) is 11.1 Å². The van der Waals surface area contributed by atoms with Gasteiger partial charge in [-0.3, -0.25) is 4.79 Å². The third-order valence-electron chi connectivity index (χ3n) is 4.21. The molecule has 0 spiro atoms. The molecule has 32 heavy (non-hydrogen) atoms. The molecule has 1 aromatic heterocycles. The Balaban J connectivity index is 1.98. The summed E-state index contributed by atoms with van der Waals surface area (Å²) in [5.41, 5.74) is 1.36. The van der Waals surface area contributed by atoms with Crippen molar-refractivity contribution in [3.8, 4) is 11.8 Å². The number of hydrogen-bond donors (Lipinski definition) is 1. The monoisotopic (exact) mass is 470 g/mol. The second-order valence-electron chi connectivity index (χ2n) is 6.94. The molecule has 0 radical (unpaired) electrons. The first kappa shape index (κ1) is 23.0. The van der Waals surface area contributed by atoms with Gasteiger partial charge in [-0.15, -0.1) is 4.40 Å². The van der Waals surface area contributed by atoms with Gasteiger partial charge in [0.2, 0.25) is 5.91 Å². The van der Waals surface area contributed by atoms with Crippen LogP contribution in [-0.4, -0.2) is 49.4 Å². The third kappa shape index (κ3) is 5.51. The smallest absolute Gasteiger partial charge is 0.285 e. The van der Waals surface area contributed by atoms with Gasteiger partial charge in [-0.1, -0.05) is 29.8 Å². The number of nitrogens with one attached hydrogen (secondary N) is 1. The van der Waals surface area contributed by atoms with E-state index < -0.39 is 10.0 Å². The maximum atomic E-state index is 12.9. The van der Waals surface area contributed by atoms with Crippen molar-refractivity contribution < 1.29 is 13.2 Å². The van der Waals surface area contributed by atoms with Crippen molar-refractivity contribution in [2.24, 2.45) is 4.40 Å². The van der Waals surface area contributed by atoms with Gasteiger partial charge in [-0.05, 0) is 29.8 Å². The van der Waals surface area contributed by atoms with Crippen LogP contribution in [0.2, 0.25) is 5.02 Å². The van der Waals surface area contributed by atoms with Crippen molar-refractivity contribution in [3.05, 3.63) is 71.0 Å². The van der Waals surface area contributed by atoms with Crippen LogP contribution >= 0.6 is 11.6 Å². The van der Waals surface area contributed by atoms with E-state index in [-0.39, 0.29) is 34.2 Å². The Bertz CT molecular complexity index is 1330. The predicted octanol–water partition coefficient (Wildman–Crippen LogP) is 2.86. The Morgan fingerprint density at radius 2 is 2.06 bits per heavy atom. The number of rotatable bonds is 7. The van der Waals surface area contributed by atoms with Gasteiger partial charge in [0, 0.05) is 31.0 Å². The zero-order valence-electron chi connectivity index (χ0n) is 17.2. The van der Waals surface area contributed by atoms with E-state index in [1.165, 1.54) is 34.1 Å². The third-order valence-corrected chi connectivity index (χ3v) is 5.83. The highest BCUT2D eigenvalue weighted by Crippen LogP contribution is 2.26. The summed E-state index contributed by atoms with van der Waals surface area (Å²) in [4.78, 5) is 13.8. The van der Waals surface area contributed by atoms with Crippen LogP contribution in [0.4, 0.5) is 5.69 Å². The van der Waals surface area contributed by atoms with Crippen LogP contribution < -0.4 is 5.32 Å². The first-order valence-electron chi connectivity index (χ1n) is 9.29. The quantitative estimate of drug-likeness (QED) is 0.418. The molecular formula is C21H19ClN6O3S. The fraction of sp³-hybridized carbons (Fsp3) is 0.143. The molecule has 1 amide bonds. The van der Waals surface area contributed by atoms with Crippen molar-refractivity contribution in [2.75, 3.05) is 19.4 Å². The number of nitrogens with zero attached hydrogens (tertiary/aromatic N) is 5. The molecule has 1 heterocycles. The van der Waals surface area contributed by atoms with Gasteiger partial charge >= 0.3 is 0 Å². The summed E-state index contributed by atoms with van der Waals surface area (Å²) in [6, 6.07) is 13.2. The number of halogens is 1. The molecule has 0 aliphatic rings. The molecule has 3 aromatic rings. The van der Waals surface area contributed by atoms with E-state index in [1.807, 2.05) is 6.07 Å². The van der Waals surface area contributed by atoms with Crippen LogP contribution in [-0.2, 0) is 21.2 Å². The van der Waals surface area contributed by atoms with Crippen LogP contribution in [0.5, 0.6) is 0 Å². The number of sulfonamides is 1. The standard InChI is InChI=1S/C21H19ClN6O3S/c1-27(2)14-25-32(30,31)20-10-17(7-8-19(20)28-13-15(11-23)12-24-28)26-21(29)9-16-5-3-4-6-18(16)22/h3-8,10,12-14H,9H2,1-2H3,(H,26,29). The predicted molar refractivity (Wildman–Crippen MR) is 121 cm³/mol. The van der Waals surface area contributed by atoms with Crippen molar-refractivity contribution in [3.63, 3.8) is 0 Å². The largest absolute Gasteiger partial charge is 0.368 e. The van der Waals surface area contributed by atoms with Gasteiger partial charge in [0.25, 0.3) is 10.0 Å². The fourth-order valence-electron chi connectivity index (χ4n) is 2.73. The summed E-state index contributed by atoms with van der Waals surface area (Å²) in [7, 11) is -0.870. The van der Waals surface area contributed by atoms with Gasteiger partial charge in [-0.25, -0.2) is 4.68 Å². The maximum absolute atomic E-state index is 12.9. The van der Waals surface area contributed by atoms with Crippen LogP contribution in [0, 0.1) is 11.3 Å². The second kappa shape index (κ2) is 9.64. The van der Waals surface area contributed by atoms with E-state index in [4.69, 9.17) is 16.9 Å². The minimum absolute atomic E-state index is 0.0208. The molecule has 0 saturated heterocycles. The molecule has 11 heteroatoms. The molecular weight excluding hydrogens is 452 g/mol. The lowest BCUT2D eigenvalue weighted by Crippen LogP contribution is -2.16. The van der Waals surface area contributed by atoms with Gasteiger partial charge in [0.15, 0.2) is 0 Å². The van der Waals surface area contributed by atoms with Crippen molar-refractivity contribution in [1.82, 2.24) is 14.7 Å². The van der Waals surface area contributed by atoms with Crippen molar-refractivity contribution >= 4 is 39.6 Å². The maximum Gasteiger partial charge on any atom is 0.285 e. The molecule has 1 N–H and O–H groups in total. The first-order chi connectivity index (χ1) is 15.2. The van der Waals surface area contributed by atoms with E-state index in [0.29, 0.717) is 10.6 Å². The second-order valence-corrected chi connectivity index (χ2v) is 8.95. The Morgan fingerprint density at radius 3 is 2.72 bits per heavy atom. The molecule has 3 rings (SSSR count). The summed E-state index contributed by atoms with van der Waals surface area (Å²) >= 11 is 6.11. The molecule has 0 aliphatic heterocycles. The van der Waals surface area contributed by atoms with Gasteiger partial charge in [0.1, 0.15) is 17.3 Å². The van der Waals surface area contributed by atoms with Crippen LogP contribution in [0.25, 0.3) is 5.69 Å². The lowest BCUT2D eigenvalue weighted by molar-refractivity contribution is -0.115. The summed E-state index contributed by atoms with van der Waals surface area (Å²) in [6.07, 6.45) is 3.90. The number of nitriles is 1. The zero-order chi connectivity index (χ0) is 23.3. The summed E-state index contributed by atoms with van der Waals surface area (Å²) in [6.45, 7) is 0. The number of carbonyl (C=O) groups is 1. The number of benzene rings is 2. The van der Waals surface area contributed by atoms with E-state index in [0.717, 1.165) is 6.34 Å². The lowest BCUT2D eigenvalue weighted by Gasteiger charge is -2.12. The highest BCUT2D eigenvalue weighted by Gasteiger charge is 2.21. The number of aromatic nitrogens is 2. The molecule has 9 nitrogen and oxygen atoms in total. The number of carbonyl (C=O) groups excluding carboxylic acids is 1. The molecule has 0 bridgehead atoms. The molecule has 0 unspecified atom stereocenters. The first-order valence-corrected chi connectivity index (χ1v) is 11.1. The van der Waals surface area contributed by atoms with Gasteiger partial charge in [0.05, 0.1) is 23.9 Å². The van der Waals surface area contributed by atoms with Crippen molar-refractivity contribution in [2.45, 2.75) is 11.3 Å². The van der Waals surface area contributed by atoms with E-state index in [2.05, 4.69) is 14.8 Å². The molecule has 0 atom stereocenters. The lowest BCUT2D eigenvalue weighted by atomic mass is 10.1. The van der Waals surface area contributed by atoms with Crippen molar-refractivity contribution in [1.29, 1.82) is 5.26 Å². The Hall–Kier alpha value is -3.68. The molecule has 2 aromatic carbocycles. The highest BCUT2D eigenvalue weighted by atomic mass is 35.5. The van der Waals surface area contributed by atoms with E-state index >= 15 is 0 Å². The summed E-state index contributed by atoms with van der Waals surface area (Å²) < 4.78 is 30.8. The molecule has 164 valence electrons. The summed E-state index contributed by atoms with van der Waals surface area (Å²) in [5, 5.41) is 16.2. The van der Waals surface area contributed by atoms with Gasteiger partial charge in [-0.2, -0.15) is 18.8 Å². The molecule has 0 fully saturated rings. The minimum Gasteiger partial charge on any atom is -0.368 e. The van der Waals surface area contributed by atoms with E-state index in [9.17, 15) is 13.2 Å². The Labute approximate surface area is 190 Å². The number of amides is 1. The Morgan fingerprint density at radius 1 is 1.31 bits per heavy atom. The normalized spacial score (nSPS) is 11.3. The average Bonchev–Trinajstić information content (AvgIpc) is 3.23. The summed E-state index contributed by atoms with van der Waals surface area (Å²) in [5.74, 6) is -0.364. The molecule has 0 saturated carbocycles. The number of hydrogen-bond acceptors (Lipinski definition) is 5. The Kier molecular flexibility index (Phi) is 6.92. The SMILES string of the molecule is CN(C)C=NS(=O)(=O)c1cc(NC(=O)Cc2ccccc2Cl)ccc1-n1cc(C#N)cn1. The fourth-order valence-corrected chi connectivity index (χ4v) is 4.06.